The van der Waals surface area contributed by atoms with E-state index in [0.717, 1.165) is 50.8 Å². The molecule has 0 radical (unpaired) electrons. The van der Waals surface area contributed by atoms with Gasteiger partial charge in [-0.05, 0) is 32.4 Å². The van der Waals surface area contributed by atoms with Crippen LogP contribution in [-0.4, -0.2) is 60.2 Å². The van der Waals surface area contributed by atoms with Crippen LogP contribution in [0.2, 0.25) is 0 Å². The highest BCUT2D eigenvalue weighted by Gasteiger charge is 2.23. The molecule has 5 nitrogen and oxygen atoms in total. The number of aromatic nitrogens is 1. The van der Waals surface area contributed by atoms with Crippen molar-refractivity contribution in [2.24, 2.45) is 0 Å². The van der Waals surface area contributed by atoms with Gasteiger partial charge in [-0.15, -0.1) is 0 Å². The molecule has 1 atom stereocenters. The molecule has 1 unspecified atom stereocenters. The van der Waals surface area contributed by atoms with Gasteiger partial charge >= 0.3 is 0 Å². The lowest BCUT2D eigenvalue weighted by Crippen LogP contribution is -2.39. The summed E-state index contributed by atoms with van der Waals surface area (Å²) in [5.74, 6) is 1.19. The first kappa shape index (κ1) is 16.0. The quantitative estimate of drug-likeness (QED) is 0.836. The van der Waals surface area contributed by atoms with Crippen LogP contribution in [0.5, 0.6) is 0 Å². The van der Waals surface area contributed by atoms with Crippen molar-refractivity contribution in [1.29, 1.82) is 0 Å². The van der Waals surface area contributed by atoms with Crippen molar-refractivity contribution in [3.63, 3.8) is 0 Å². The van der Waals surface area contributed by atoms with E-state index >= 15 is 0 Å². The molecule has 0 aromatic carbocycles. The fourth-order valence-corrected chi connectivity index (χ4v) is 3.37. The van der Waals surface area contributed by atoms with Gasteiger partial charge in [0.15, 0.2) is 5.89 Å². The van der Waals surface area contributed by atoms with Crippen LogP contribution in [-0.2, 0) is 11.3 Å². The summed E-state index contributed by atoms with van der Waals surface area (Å²) in [5, 5.41) is 0. The summed E-state index contributed by atoms with van der Waals surface area (Å²) in [6, 6.07) is 0. The highest BCUT2D eigenvalue weighted by atomic mass is 16.5. The molecule has 0 aliphatic carbocycles. The smallest absolute Gasteiger partial charge is 0.196 e. The van der Waals surface area contributed by atoms with Gasteiger partial charge in [-0.1, -0.05) is 13.8 Å². The van der Waals surface area contributed by atoms with Gasteiger partial charge in [-0.3, -0.25) is 4.90 Å². The van der Waals surface area contributed by atoms with E-state index in [2.05, 4.69) is 28.6 Å². The Balaban J connectivity index is 1.54. The SMILES string of the molecule is CC(C)c1nc(CN2CCCOC(CN3CCCC3)C2)co1. The average molecular weight is 307 g/mol. The monoisotopic (exact) mass is 307 g/mol. The van der Waals surface area contributed by atoms with Crippen molar-refractivity contribution in [1.82, 2.24) is 14.8 Å². The van der Waals surface area contributed by atoms with Crippen LogP contribution in [0.25, 0.3) is 0 Å². The van der Waals surface area contributed by atoms with E-state index in [-0.39, 0.29) is 0 Å². The van der Waals surface area contributed by atoms with Crippen LogP contribution in [0, 0.1) is 0 Å². The summed E-state index contributed by atoms with van der Waals surface area (Å²) >= 11 is 0. The minimum Gasteiger partial charge on any atom is -0.448 e. The molecule has 1 aromatic heterocycles. The van der Waals surface area contributed by atoms with Gasteiger partial charge in [-0.25, -0.2) is 4.98 Å². The highest BCUT2D eigenvalue weighted by Crippen LogP contribution is 2.17. The first-order chi connectivity index (χ1) is 10.7. The van der Waals surface area contributed by atoms with Gasteiger partial charge < -0.3 is 14.1 Å². The van der Waals surface area contributed by atoms with Crippen LogP contribution in [0.3, 0.4) is 0 Å². The first-order valence-corrected chi connectivity index (χ1v) is 8.71. The van der Waals surface area contributed by atoms with Crippen LogP contribution in [0.4, 0.5) is 0 Å². The summed E-state index contributed by atoms with van der Waals surface area (Å²) < 4.78 is 11.6. The van der Waals surface area contributed by atoms with E-state index in [9.17, 15) is 0 Å². The zero-order valence-corrected chi connectivity index (χ0v) is 14.0. The Hall–Kier alpha value is -0.910. The second kappa shape index (κ2) is 7.57. The minimum atomic E-state index is 0.331. The summed E-state index contributed by atoms with van der Waals surface area (Å²) in [7, 11) is 0. The predicted octanol–water partition coefficient (Wildman–Crippen LogP) is 2.48. The maximum absolute atomic E-state index is 6.05. The second-order valence-corrected chi connectivity index (χ2v) is 6.92. The zero-order chi connectivity index (χ0) is 15.4. The van der Waals surface area contributed by atoms with E-state index < -0.39 is 0 Å². The Morgan fingerprint density at radius 1 is 1.18 bits per heavy atom. The molecule has 22 heavy (non-hydrogen) atoms. The van der Waals surface area contributed by atoms with Gasteiger partial charge in [0.1, 0.15) is 6.26 Å². The maximum Gasteiger partial charge on any atom is 0.196 e. The van der Waals surface area contributed by atoms with E-state index in [1.165, 1.54) is 25.9 Å². The Kier molecular flexibility index (Phi) is 5.50. The fourth-order valence-electron chi connectivity index (χ4n) is 3.37. The minimum absolute atomic E-state index is 0.331. The molecule has 3 rings (SSSR count). The van der Waals surface area contributed by atoms with Crippen LogP contribution >= 0.6 is 0 Å². The average Bonchev–Trinajstić information content (AvgIpc) is 3.10. The summed E-state index contributed by atoms with van der Waals surface area (Å²) in [6.45, 7) is 11.6. The van der Waals surface area contributed by atoms with Crippen LogP contribution < -0.4 is 0 Å². The van der Waals surface area contributed by atoms with Crippen molar-refractivity contribution in [3.8, 4) is 0 Å². The van der Waals surface area contributed by atoms with Crippen LogP contribution in [0.15, 0.2) is 10.7 Å². The number of nitrogens with zero attached hydrogens (tertiary/aromatic N) is 3. The fraction of sp³-hybridized carbons (Fsp3) is 0.824. The number of oxazole rings is 1. The standard InChI is InChI=1S/C17H29N3O2/c1-14(2)17-18-15(13-22-17)10-20-8-5-9-21-16(12-20)11-19-6-3-4-7-19/h13-14,16H,3-12H2,1-2H3. The largest absolute Gasteiger partial charge is 0.448 e. The Labute approximate surface area is 133 Å². The summed E-state index contributed by atoms with van der Waals surface area (Å²) in [6.07, 6.45) is 5.93. The first-order valence-electron chi connectivity index (χ1n) is 8.71. The van der Waals surface area contributed by atoms with Gasteiger partial charge in [0.05, 0.1) is 11.8 Å². The third kappa shape index (κ3) is 4.31. The van der Waals surface area contributed by atoms with Crippen molar-refractivity contribution in [2.75, 3.05) is 39.3 Å². The number of hydrogen-bond acceptors (Lipinski definition) is 5. The lowest BCUT2D eigenvalue weighted by molar-refractivity contribution is 0.0306. The molecular weight excluding hydrogens is 278 g/mol. The van der Waals surface area contributed by atoms with Crippen molar-refractivity contribution in [2.45, 2.75) is 51.7 Å². The molecule has 0 amide bonds. The molecular formula is C17H29N3O2. The van der Waals surface area contributed by atoms with Gasteiger partial charge in [-0.2, -0.15) is 0 Å². The van der Waals surface area contributed by atoms with Crippen molar-refractivity contribution in [3.05, 3.63) is 17.8 Å². The predicted molar refractivity (Wildman–Crippen MR) is 85.9 cm³/mol. The molecule has 2 fully saturated rings. The number of ether oxygens (including phenoxy) is 1. The zero-order valence-electron chi connectivity index (χ0n) is 14.0. The molecule has 2 aliphatic rings. The number of likely N-dealkylation sites (tertiary alicyclic amines) is 1. The van der Waals surface area contributed by atoms with E-state index in [1.807, 2.05) is 6.26 Å². The molecule has 2 saturated heterocycles. The van der Waals surface area contributed by atoms with Gasteiger partial charge in [0, 0.05) is 38.7 Å². The Bertz CT molecular complexity index is 455. The molecule has 0 N–H and O–H groups in total. The molecule has 0 spiro atoms. The normalized spacial score (nSPS) is 25.0. The van der Waals surface area contributed by atoms with Crippen molar-refractivity contribution < 1.29 is 9.15 Å². The maximum atomic E-state index is 6.05. The third-order valence-electron chi connectivity index (χ3n) is 4.54. The summed E-state index contributed by atoms with van der Waals surface area (Å²) in [5.41, 5.74) is 1.05. The molecule has 5 heteroatoms. The molecule has 0 bridgehead atoms. The number of hydrogen-bond donors (Lipinski definition) is 0. The van der Waals surface area contributed by atoms with Gasteiger partial charge in [0.25, 0.3) is 0 Å². The lowest BCUT2D eigenvalue weighted by Gasteiger charge is -2.26. The topological polar surface area (TPSA) is 41.7 Å². The second-order valence-electron chi connectivity index (χ2n) is 6.92. The molecule has 2 aliphatic heterocycles. The van der Waals surface area contributed by atoms with E-state index in [1.54, 1.807) is 0 Å². The van der Waals surface area contributed by atoms with Crippen LogP contribution in [0.1, 0.15) is 50.6 Å². The number of rotatable bonds is 5. The summed E-state index contributed by atoms with van der Waals surface area (Å²) in [4.78, 5) is 9.61. The highest BCUT2D eigenvalue weighted by molar-refractivity contribution is 4.99. The molecule has 0 saturated carbocycles. The lowest BCUT2D eigenvalue weighted by atomic mass is 10.2. The van der Waals surface area contributed by atoms with Gasteiger partial charge in [0.2, 0.25) is 0 Å². The Morgan fingerprint density at radius 2 is 1.95 bits per heavy atom. The van der Waals surface area contributed by atoms with E-state index in [4.69, 9.17) is 9.15 Å². The van der Waals surface area contributed by atoms with Crippen molar-refractivity contribution >= 4 is 0 Å². The molecule has 3 heterocycles. The third-order valence-corrected chi connectivity index (χ3v) is 4.54. The molecule has 1 aromatic rings. The Morgan fingerprint density at radius 3 is 2.68 bits per heavy atom. The molecule has 124 valence electrons. The van der Waals surface area contributed by atoms with E-state index in [0.29, 0.717) is 12.0 Å².